The number of ether oxygens (including phenoxy) is 1. The maximum atomic E-state index is 12.6. The summed E-state index contributed by atoms with van der Waals surface area (Å²) in [4.78, 5) is 17.0. The number of hydrogen-bond donors (Lipinski definition) is 0. The highest BCUT2D eigenvalue weighted by atomic mass is 16.5. The molecule has 0 aliphatic heterocycles. The molecule has 4 heteroatoms. The van der Waals surface area contributed by atoms with Gasteiger partial charge in [-0.3, -0.25) is 4.79 Å². The summed E-state index contributed by atoms with van der Waals surface area (Å²) in [5.41, 5.74) is 1.26. The van der Waals surface area contributed by atoms with Crippen molar-refractivity contribution in [2.24, 2.45) is 13.0 Å². The van der Waals surface area contributed by atoms with E-state index in [0.29, 0.717) is 0 Å². The Labute approximate surface area is 143 Å². The second kappa shape index (κ2) is 8.13. The Morgan fingerprint density at radius 2 is 2.00 bits per heavy atom. The van der Waals surface area contributed by atoms with Gasteiger partial charge in [-0.05, 0) is 31.2 Å². The van der Waals surface area contributed by atoms with Crippen LogP contribution in [0.15, 0.2) is 42.7 Å². The van der Waals surface area contributed by atoms with Gasteiger partial charge in [0.1, 0.15) is 5.82 Å². The second-order valence-corrected chi connectivity index (χ2v) is 6.68. The lowest BCUT2D eigenvalue weighted by Gasteiger charge is -2.24. The van der Waals surface area contributed by atoms with E-state index in [0.717, 1.165) is 44.3 Å². The molecule has 4 nitrogen and oxygen atoms in total. The molecule has 0 saturated heterocycles. The minimum Gasteiger partial charge on any atom is -0.454 e. The van der Waals surface area contributed by atoms with E-state index >= 15 is 0 Å². The molecule has 1 heterocycles. The fourth-order valence-corrected chi connectivity index (χ4v) is 3.45. The van der Waals surface area contributed by atoms with Gasteiger partial charge in [-0.2, -0.15) is 0 Å². The van der Waals surface area contributed by atoms with Crippen molar-refractivity contribution in [2.45, 2.75) is 51.0 Å². The van der Waals surface area contributed by atoms with E-state index < -0.39 is 0 Å². The van der Waals surface area contributed by atoms with Crippen LogP contribution in [0.2, 0.25) is 0 Å². The Morgan fingerprint density at radius 1 is 1.25 bits per heavy atom. The lowest BCUT2D eigenvalue weighted by Crippen LogP contribution is -2.24. The Kier molecular flexibility index (Phi) is 5.68. The van der Waals surface area contributed by atoms with Gasteiger partial charge in [0, 0.05) is 19.4 Å². The Morgan fingerprint density at radius 3 is 2.67 bits per heavy atom. The van der Waals surface area contributed by atoms with E-state index in [1.54, 1.807) is 6.20 Å². The van der Waals surface area contributed by atoms with Crippen molar-refractivity contribution < 1.29 is 9.53 Å². The topological polar surface area (TPSA) is 44.1 Å². The first-order valence-electron chi connectivity index (χ1n) is 8.95. The van der Waals surface area contributed by atoms with Crippen LogP contribution in [0.5, 0.6) is 0 Å². The molecule has 1 aliphatic carbocycles. The molecular weight excluding hydrogens is 300 g/mol. The van der Waals surface area contributed by atoms with E-state index in [1.807, 2.05) is 36.0 Å². The number of carbonyl (C=O) groups is 1. The standard InChI is InChI=1S/C20H26N2O2/c1-22-15-14-21-19(22)18(13-12-16-8-4-2-5-9-16)24-20(23)17-10-6-3-7-11-17/h2,4-5,8-9,14-15,17-18H,3,6-7,10-13H2,1H3. The van der Waals surface area contributed by atoms with Gasteiger partial charge >= 0.3 is 5.97 Å². The number of imidazole rings is 1. The minimum atomic E-state index is -0.278. The van der Waals surface area contributed by atoms with Gasteiger partial charge in [0.25, 0.3) is 0 Å². The molecule has 128 valence electrons. The first-order valence-corrected chi connectivity index (χ1v) is 8.95. The van der Waals surface area contributed by atoms with Gasteiger partial charge in [0.15, 0.2) is 6.10 Å². The summed E-state index contributed by atoms with van der Waals surface area (Å²) in [7, 11) is 1.95. The van der Waals surface area contributed by atoms with Crippen molar-refractivity contribution in [1.29, 1.82) is 0 Å². The molecule has 1 aliphatic rings. The average molecular weight is 326 g/mol. The third kappa shape index (κ3) is 4.25. The number of aryl methyl sites for hydroxylation is 2. The number of nitrogens with zero attached hydrogens (tertiary/aromatic N) is 2. The fourth-order valence-electron chi connectivity index (χ4n) is 3.45. The summed E-state index contributed by atoms with van der Waals surface area (Å²) in [6.07, 6.45) is 10.5. The van der Waals surface area contributed by atoms with Crippen LogP contribution in [0.25, 0.3) is 0 Å². The smallest absolute Gasteiger partial charge is 0.309 e. The quantitative estimate of drug-likeness (QED) is 0.747. The monoisotopic (exact) mass is 326 g/mol. The zero-order valence-electron chi connectivity index (χ0n) is 14.4. The summed E-state index contributed by atoms with van der Waals surface area (Å²) >= 11 is 0. The molecule has 24 heavy (non-hydrogen) atoms. The Hall–Kier alpha value is -2.10. The molecule has 0 radical (unpaired) electrons. The summed E-state index contributed by atoms with van der Waals surface area (Å²) in [6, 6.07) is 10.3. The van der Waals surface area contributed by atoms with Crippen LogP contribution in [-0.4, -0.2) is 15.5 Å². The third-order valence-corrected chi connectivity index (χ3v) is 4.88. The molecule has 0 amide bonds. The van der Waals surface area contributed by atoms with Gasteiger partial charge in [-0.25, -0.2) is 4.98 Å². The third-order valence-electron chi connectivity index (χ3n) is 4.88. The summed E-state index contributed by atoms with van der Waals surface area (Å²) < 4.78 is 7.86. The number of rotatable bonds is 6. The molecular formula is C20H26N2O2. The van der Waals surface area contributed by atoms with E-state index in [2.05, 4.69) is 17.1 Å². The average Bonchev–Trinajstić information content (AvgIpc) is 3.06. The van der Waals surface area contributed by atoms with Crippen LogP contribution in [0.3, 0.4) is 0 Å². The molecule has 1 aromatic carbocycles. The number of benzene rings is 1. The maximum Gasteiger partial charge on any atom is 0.309 e. The van der Waals surface area contributed by atoms with Crippen LogP contribution < -0.4 is 0 Å². The van der Waals surface area contributed by atoms with Crippen molar-refractivity contribution in [2.75, 3.05) is 0 Å². The van der Waals surface area contributed by atoms with Crippen LogP contribution >= 0.6 is 0 Å². The number of hydrogen-bond acceptors (Lipinski definition) is 3. The number of esters is 1. The summed E-state index contributed by atoms with van der Waals surface area (Å²) in [5.74, 6) is 0.851. The van der Waals surface area contributed by atoms with Gasteiger partial charge in [0.2, 0.25) is 0 Å². The summed E-state index contributed by atoms with van der Waals surface area (Å²) in [6.45, 7) is 0. The zero-order chi connectivity index (χ0) is 16.8. The van der Waals surface area contributed by atoms with E-state index in [1.165, 1.54) is 12.0 Å². The van der Waals surface area contributed by atoms with E-state index in [9.17, 15) is 4.79 Å². The maximum absolute atomic E-state index is 12.6. The second-order valence-electron chi connectivity index (χ2n) is 6.68. The summed E-state index contributed by atoms with van der Waals surface area (Å²) in [5, 5.41) is 0. The lowest BCUT2D eigenvalue weighted by atomic mass is 9.89. The van der Waals surface area contributed by atoms with Crippen molar-refractivity contribution >= 4 is 5.97 Å². The number of aromatic nitrogens is 2. The molecule has 3 rings (SSSR count). The van der Waals surface area contributed by atoms with Crippen LogP contribution in [-0.2, 0) is 23.0 Å². The highest BCUT2D eigenvalue weighted by Crippen LogP contribution is 2.29. The number of carbonyl (C=O) groups excluding carboxylic acids is 1. The SMILES string of the molecule is Cn1ccnc1C(CCc1ccccc1)OC(=O)C1CCCCC1. The zero-order valence-corrected chi connectivity index (χ0v) is 14.4. The first-order chi connectivity index (χ1) is 11.7. The highest BCUT2D eigenvalue weighted by Gasteiger charge is 2.27. The molecule has 1 unspecified atom stereocenters. The van der Waals surface area contributed by atoms with E-state index in [-0.39, 0.29) is 18.0 Å². The largest absolute Gasteiger partial charge is 0.454 e. The predicted molar refractivity (Wildman–Crippen MR) is 93.4 cm³/mol. The molecule has 1 saturated carbocycles. The Balaban J connectivity index is 1.67. The lowest BCUT2D eigenvalue weighted by molar-refractivity contribution is -0.156. The van der Waals surface area contributed by atoms with E-state index in [4.69, 9.17) is 4.74 Å². The van der Waals surface area contributed by atoms with Crippen molar-refractivity contribution in [3.63, 3.8) is 0 Å². The van der Waals surface area contributed by atoms with Crippen LogP contribution in [0.1, 0.15) is 56.0 Å². The van der Waals surface area contributed by atoms with Crippen molar-refractivity contribution in [1.82, 2.24) is 9.55 Å². The van der Waals surface area contributed by atoms with Gasteiger partial charge in [-0.1, -0.05) is 49.6 Å². The fraction of sp³-hybridized carbons (Fsp3) is 0.500. The molecule has 2 aromatic rings. The Bertz CT molecular complexity index is 645. The van der Waals surface area contributed by atoms with Gasteiger partial charge in [0.05, 0.1) is 5.92 Å². The molecule has 1 atom stereocenters. The predicted octanol–water partition coefficient (Wildman–Crippen LogP) is 4.22. The van der Waals surface area contributed by atoms with Crippen molar-refractivity contribution in [3.8, 4) is 0 Å². The molecule has 0 N–H and O–H groups in total. The van der Waals surface area contributed by atoms with Gasteiger partial charge in [-0.15, -0.1) is 0 Å². The molecule has 0 bridgehead atoms. The normalized spacial score (nSPS) is 16.7. The molecule has 1 aromatic heterocycles. The first kappa shape index (κ1) is 16.7. The minimum absolute atomic E-state index is 0.0456. The van der Waals surface area contributed by atoms with Crippen molar-refractivity contribution in [3.05, 3.63) is 54.1 Å². The van der Waals surface area contributed by atoms with Crippen LogP contribution in [0.4, 0.5) is 0 Å². The van der Waals surface area contributed by atoms with Crippen LogP contribution in [0, 0.1) is 5.92 Å². The molecule has 1 fully saturated rings. The van der Waals surface area contributed by atoms with Gasteiger partial charge < -0.3 is 9.30 Å². The highest BCUT2D eigenvalue weighted by molar-refractivity contribution is 5.72. The molecule has 0 spiro atoms.